The molecule has 0 spiro atoms. The van der Waals surface area contributed by atoms with Gasteiger partial charge in [0.1, 0.15) is 5.82 Å². The van der Waals surface area contributed by atoms with Gasteiger partial charge in [0, 0.05) is 12.6 Å². The van der Waals surface area contributed by atoms with Crippen LogP contribution in [-0.4, -0.2) is 17.7 Å². The number of hydrogen-bond acceptors (Lipinski definition) is 3. The summed E-state index contributed by atoms with van der Waals surface area (Å²) in [6.45, 7) is 7.77. The van der Waals surface area contributed by atoms with Gasteiger partial charge in [0.15, 0.2) is 11.7 Å². The van der Waals surface area contributed by atoms with Crippen molar-refractivity contribution in [3.05, 3.63) is 53.2 Å². The molecule has 0 atom stereocenters. The maximum Gasteiger partial charge on any atom is 0.191 e. The first-order valence-electron chi connectivity index (χ1n) is 7.80. The molecular formula is C17H24FIN4O. The summed E-state index contributed by atoms with van der Waals surface area (Å²) < 4.78 is 18.5. The van der Waals surface area contributed by atoms with Gasteiger partial charge in [0.2, 0.25) is 0 Å². The van der Waals surface area contributed by atoms with Crippen LogP contribution < -0.4 is 10.6 Å². The van der Waals surface area contributed by atoms with Crippen LogP contribution in [0, 0.1) is 5.82 Å². The minimum atomic E-state index is -0.251. The summed E-state index contributed by atoms with van der Waals surface area (Å²) in [5, 5.41) is 10.4. The zero-order valence-corrected chi connectivity index (χ0v) is 16.5. The molecule has 24 heavy (non-hydrogen) atoms. The number of aliphatic imine (C=N–C) groups is 1. The Morgan fingerprint density at radius 3 is 2.71 bits per heavy atom. The average molecular weight is 446 g/mol. The molecule has 1 heterocycles. The van der Waals surface area contributed by atoms with E-state index in [0.717, 1.165) is 23.6 Å². The standard InChI is InChI=1S/C17H23FN4O.HI/c1-4-19-17(20-10-13-6-5-7-14(18)8-13)21-11-15-9-16(12(2)3)22-23-15;/h5-9,12H,4,10-11H2,1-3H3,(H2,19,20,21);1H. The van der Waals surface area contributed by atoms with Gasteiger partial charge in [-0.15, -0.1) is 24.0 Å². The van der Waals surface area contributed by atoms with Gasteiger partial charge < -0.3 is 15.2 Å². The van der Waals surface area contributed by atoms with Crippen molar-refractivity contribution in [2.45, 2.75) is 39.8 Å². The molecule has 0 saturated carbocycles. The number of rotatable bonds is 6. The second-order valence-corrected chi connectivity index (χ2v) is 5.55. The fraction of sp³-hybridized carbons (Fsp3) is 0.412. The highest BCUT2D eigenvalue weighted by atomic mass is 127. The molecule has 0 radical (unpaired) electrons. The van der Waals surface area contributed by atoms with E-state index in [4.69, 9.17) is 4.52 Å². The maximum atomic E-state index is 13.2. The minimum Gasteiger partial charge on any atom is -0.359 e. The number of guanidine groups is 1. The zero-order valence-electron chi connectivity index (χ0n) is 14.2. The third-order valence-electron chi connectivity index (χ3n) is 3.25. The van der Waals surface area contributed by atoms with Gasteiger partial charge in [0.05, 0.1) is 18.8 Å². The molecule has 0 amide bonds. The molecule has 132 valence electrons. The Hall–Kier alpha value is -1.64. The molecule has 0 fully saturated rings. The van der Waals surface area contributed by atoms with E-state index in [2.05, 4.69) is 34.6 Å². The van der Waals surface area contributed by atoms with Crippen LogP contribution in [0.2, 0.25) is 0 Å². The van der Waals surface area contributed by atoms with Gasteiger partial charge in [-0.1, -0.05) is 31.1 Å². The lowest BCUT2D eigenvalue weighted by Gasteiger charge is -2.09. The van der Waals surface area contributed by atoms with Crippen LogP contribution in [-0.2, 0) is 13.1 Å². The normalized spacial score (nSPS) is 11.3. The summed E-state index contributed by atoms with van der Waals surface area (Å²) in [4.78, 5) is 4.45. The average Bonchev–Trinajstić information content (AvgIpc) is 2.99. The number of benzene rings is 1. The topological polar surface area (TPSA) is 62.5 Å². The monoisotopic (exact) mass is 446 g/mol. The predicted molar refractivity (Wildman–Crippen MR) is 104 cm³/mol. The second kappa shape index (κ2) is 10.3. The molecule has 1 aromatic carbocycles. The van der Waals surface area contributed by atoms with Gasteiger partial charge in [-0.2, -0.15) is 0 Å². The van der Waals surface area contributed by atoms with Crippen molar-refractivity contribution < 1.29 is 8.91 Å². The molecule has 1 aromatic heterocycles. The first-order valence-corrected chi connectivity index (χ1v) is 7.80. The van der Waals surface area contributed by atoms with Crippen LogP contribution in [0.15, 0.2) is 39.8 Å². The molecule has 0 bridgehead atoms. The quantitative estimate of drug-likeness (QED) is 0.403. The molecule has 0 saturated heterocycles. The van der Waals surface area contributed by atoms with Crippen molar-refractivity contribution in [3.63, 3.8) is 0 Å². The molecule has 2 aromatic rings. The van der Waals surface area contributed by atoms with Crippen LogP contribution >= 0.6 is 24.0 Å². The highest BCUT2D eigenvalue weighted by molar-refractivity contribution is 14.0. The first-order chi connectivity index (χ1) is 11.1. The number of hydrogen-bond donors (Lipinski definition) is 2. The SMILES string of the molecule is CCNC(=NCc1cccc(F)c1)NCc1cc(C(C)C)no1.I. The second-order valence-electron chi connectivity index (χ2n) is 5.55. The van der Waals surface area contributed by atoms with E-state index < -0.39 is 0 Å². The third-order valence-corrected chi connectivity index (χ3v) is 3.25. The summed E-state index contributed by atoms with van der Waals surface area (Å²) in [5.74, 6) is 1.49. The Morgan fingerprint density at radius 2 is 2.08 bits per heavy atom. The van der Waals surface area contributed by atoms with E-state index in [9.17, 15) is 4.39 Å². The molecule has 0 aliphatic heterocycles. The van der Waals surface area contributed by atoms with E-state index in [1.807, 2.05) is 19.1 Å². The summed E-state index contributed by atoms with van der Waals surface area (Å²) >= 11 is 0. The number of aromatic nitrogens is 1. The Bertz CT molecular complexity index is 658. The molecule has 0 unspecified atom stereocenters. The van der Waals surface area contributed by atoms with E-state index in [1.54, 1.807) is 6.07 Å². The van der Waals surface area contributed by atoms with Crippen LogP contribution in [0.5, 0.6) is 0 Å². The van der Waals surface area contributed by atoms with Crippen molar-refractivity contribution in [2.24, 2.45) is 4.99 Å². The van der Waals surface area contributed by atoms with Gasteiger partial charge in [0.25, 0.3) is 0 Å². The van der Waals surface area contributed by atoms with Crippen molar-refractivity contribution in [1.29, 1.82) is 0 Å². The highest BCUT2D eigenvalue weighted by Crippen LogP contribution is 2.13. The largest absolute Gasteiger partial charge is 0.359 e. The van der Waals surface area contributed by atoms with E-state index in [-0.39, 0.29) is 29.8 Å². The Morgan fingerprint density at radius 1 is 1.29 bits per heavy atom. The maximum absolute atomic E-state index is 13.2. The van der Waals surface area contributed by atoms with E-state index >= 15 is 0 Å². The Kier molecular flexibility index (Phi) is 8.73. The number of nitrogens with one attached hydrogen (secondary N) is 2. The fourth-order valence-electron chi connectivity index (χ4n) is 2.00. The molecule has 2 rings (SSSR count). The van der Waals surface area contributed by atoms with Crippen LogP contribution in [0.4, 0.5) is 4.39 Å². The zero-order chi connectivity index (χ0) is 16.7. The van der Waals surface area contributed by atoms with Gasteiger partial charge in [-0.25, -0.2) is 9.38 Å². The van der Waals surface area contributed by atoms with Crippen LogP contribution in [0.1, 0.15) is 43.7 Å². The summed E-state index contributed by atoms with van der Waals surface area (Å²) in [5.41, 5.74) is 1.76. The fourth-order valence-corrected chi connectivity index (χ4v) is 2.00. The highest BCUT2D eigenvalue weighted by Gasteiger charge is 2.08. The van der Waals surface area contributed by atoms with Crippen molar-refractivity contribution >= 4 is 29.9 Å². The summed E-state index contributed by atoms with van der Waals surface area (Å²) in [7, 11) is 0. The van der Waals surface area contributed by atoms with Crippen molar-refractivity contribution in [2.75, 3.05) is 6.54 Å². The predicted octanol–water partition coefficient (Wildman–Crippen LogP) is 3.81. The van der Waals surface area contributed by atoms with E-state index in [1.165, 1.54) is 12.1 Å². The molecule has 7 heteroatoms. The van der Waals surface area contributed by atoms with Gasteiger partial charge in [-0.05, 0) is 30.5 Å². The molecule has 5 nitrogen and oxygen atoms in total. The molecule has 0 aliphatic carbocycles. The Labute approximate surface area is 159 Å². The molecule has 0 aliphatic rings. The van der Waals surface area contributed by atoms with Gasteiger partial charge in [-0.3, -0.25) is 0 Å². The van der Waals surface area contributed by atoms with Gasteiger partial charge >= 0.3 is 0 Å². The molecule has 2 N–H and O–H groups in total. The van der Waals surface area contributed by atoms with Crippen molar-refractivity contribution in [3.8, 4) is 0 Å². The number of halogens is 2. The lowest BCUT2D eigenvalue weighted by Crippen LogP contribution is -2.36. The van der Waals surface area contributed by atoms with E-state index in [0.29, 0.717) is 25.0 Å². The number of nitrogens with zero attached hydrogens (tertiary/aromatic N) is 2. The summed E-state index contributed by atoms with van der Waals surface area (Å²) in [6, 6.07) is 8.38. The lowest BCUT2D eigenvalue weighted by molar-refractivity contribution is 0.372. The smallest absolute Gasteiger partial charge is 0.191 e. The minimum absolute atomic E-state index is 0. The van der Waals surface area contributed by atoms with Crippen LogP contribution in [0.25, 0.3) is 0 Å². The first kappa shape index (κ1) is 20.4. The molecular weight excluding hydrogens is 422 g/mol. The third kappa shape index (κ3) is 6.46. The lowest BCUT2D eigenvalue weighted by atomic mass is 10.1. The van der Waals surface area contributed by atoms with Crippen molar-refractivity contribution in [1.82, 2.24) is 15.8 Å². The van der Waals surface area contributed by atoms with Crippen LogP contribution in [0.3, 0.4) is 0 Å². The Balaban J connectivity index is 0.00000288. The summed E-state index contributed by atoms with van der Waals surface area (Å²) in [6.07, 6.45) is 0.